The Labute approximate surface area is 166 Å². The summed E-state index contributed by atoms with van der Waals surface area (Å²) in [4.78, 5) is 28.0. The topological polar surface area (TPSA) is 91.9 Å². The average molecular weight is 441 g/mol. The van der Waals surface area contributed by atoms with Crippen LogP contribution in [0.15, 0.2) is 22.7 Å². The van der Waals surface area contributed by atoms with Crippen LogP contribution in [0.3, 0.4) is 0 Å². The van der Waals surface area contributed by atoms with Crippen molar-refractivity contribution in [3.8, 4) is 0 Å². The second-order valence-electron chi connectivity index (χ2n) is 7.16. The summed E-state index contributed by atoms with van der Waals surface area (Å²) in [7, 11) is 1.50. The first-order valence-corrected chi connectivity index (χ1v) is 9.41. The molecule has 2 N–H and O–H groups in total. The van der Waals surface area contributed by atoms with E-state index in [9.17, 15) is 14.7 Å². The number of H-pyrrole nitrogens is 1. The van der Waals surface area contributed by atoms with Gasteiger partial charge in [0.2, 0.25) is 0 Å². The summed E-state index contributed by atoms with van der Waals surface area (Å²) in [5.41, 5.74) is 1.42. The number of amides is 1. The van der Waals surface area contributed by atoms with Gasteiger partial charge in [-0.1, -0.05) is 0 Å². The number of hydrogen-bond acceptors (Lipinski definition) is 4. The SMILES string of the molecule is CCOC(=O)c1cc2cc(CC(OC)N(C(=O)O)C(C)(C)C)cc(Br)c2[nH]1. The lowest BCUT2D eigenvalue weighted by molar-refractivity contribution is -0.0587. The van der Waals surface area contributed by atoms with Gasteiger partial charge in [-0.3, -0.25) is 4.90 Å². The molecular formula is C19H25BrN2O5. The molecule has 2 rings (SSSR count). The first-order valence-electron chi connectivity index (χ1n) is 8.61. The van der Waals surface area contributed by atoms with Gasteiger partial charge in [0.15, 0.2) is 0 Å². The van der Waals surface area contributed by atoms with Crippen LogP contribution in [0, 0.1) is 0 Å². The number of benzene rings is 1. The van der Waals surface area contributed by atoms with Crippen molar-refractivity contribution in [1.82, 2.24) is 9.88 Å². The van der Waals surface area contributed by atoms with Gasteiger partial charge in [0.05, 0.1) is 12.1 Å². The minimum Gasteiger partial charge on any atom is -0.465 e. The molecule has 7 nitrogen and oxygen atoms in total. The summed E-state index contributed by atoms with van der Waals surface area (Å²) in [5, 5.41) is 10.4. The van der Waals surface area contributed by atoms with Gasteiger partial charge in [-0.05, 0) is 67.4 Å². The highest BCUT2D eigenvalue weighted by Crippen LogP contribution is 2.29. The normalized spacial score (nSPS) is 12.8. The zero-order chi connectivity index (χ0) is 20.4. The zero-order valence-corrected chi connectivity index (χ0v) is 17.7. The summed E-state index contributed by atoms with van der Waals surface area (Å²) >= 11 is 3.51. The van der Waals surface area contributed by atoms with Crippen molar-refractivity contribution in [2.24, 2.45) is 0 Å². The molecule has 0 bridgehead atoms. The van der Waals surface area contributed by atoms with Gasteiger partial charge in [-0.15, -0.1) is 0 Å². The first-order chi connectivity index (χ1) is 12.6. The molecule has 0 aliphatic carbocycles. The molecule has 1 heterocycles. The molecule has 1 aromatic carbocycles. The number of carbonyl (C=O) groups is 2. The van der Waals surface area contributed by atoms with E-state index in [0.29, 0.717) is 18.7 Å². The number of rotatable bonds is 6. The average Bonchev–Trinajstić information content (AvgIpc) is 2.97. The quantitative estimate of drug-likeness (QED) is 0.512. The molecule has 1 aromatic heterocycles. The highest BCUT2D eigenvalue weighted by atomic mass is 79.9. The van der Waals surface area contributed by atoms with E-state index < -0.39 is 23.8 Å². The van der Waals surface area contributed by atoms with E-state index in [1.165, 1.54) is 12.0 Å². The van der Waals surface area contributed by atoms with E-state index in [2.05, 4.69) is 20.9 Å². The summed E-state index contributed by atoms with van der Waals surface area (Å²) in [6.45, 7) is 7.52. The van der Waals surface area contributed by atoms with Gasteiger partial charge in [-0.25, -0.2) is 9.59 Å². The number of aromatic amines is 1. The van der Waals surface area contributed by atoms with E-state index >= 15 is 0 Å². The van der Waals surface area contributed by atoms with E-state index in [-0.39, 0.29) is 0 Å². The number of esters is 1. The molecule has 0 saturated carbocycles. The van der Waals surface area contributed by atoms with Crippen LogP contribution < -0.4 is 0 Å². The van der Waals surface area contributed by atoms with E-state index in [0.717, 1.165) is 20.9 Å². The molecule has 0 radical (unpaired) electrons. The molecule has 148 valence electrons. The van der Waals surface area contributed by atoms with Crippen LogP contribution in [0.25, 0.3) is 10.9 Å². The van der Waals surface area contributed by atoms with E-state index in [4.69, 9.17) is 9.47 Å². The maximum Gasteiger partial charge on any atom is 0.409 e. The van der Waals surface area contributed by atoms with Crippen molar-refractivity contribution in [3.05, 3.63) is 33.9 Å². The maximum atomic E-state index is 11.9. The van der Waals surface area contributed by atoms with Gasteiger partial charge < -0.3 is 19.6 Å². The van der Waals surface area contributed by atoms with Gasteiger partial charge in [0, 0.05) is 28.9 Å². The number of nitrogens with zero attached hydrogens (tertiary/aromatic N) is 1. The molecule has 2 aromatic rings. The van der Waals surface area contributed by atoms with Crippen LogP contribution in [0.2, 0.25) is 0 Å². The van der Waals surface area contributed by atoms with Gasteiger partial charge >= 0.3 is 12.1 Å². The largest absolute Gasteiger partial charge is 0.465 e. The summed E-state index contributed by atoms with van der Waals surface area (Å²) in [6, 6.07) is 5.53. The minimum atomic E-state index is -1.04. The number of carboxylic acid groups (broad SMARTS) is 1. The fourth-order valence-corrected chi connectivity index (χ4v) is 3.64. The Hall–Kier alpha value is -2.06. The zero-order valence-electron chi connectivity index (χ0n) is 16.1. The fourth-order valence-electron chi connectivity index (χ4n) is 3.02. The smallest absolute Gasteiger partial charge is 0.409 e. The number of hydrogen-bond donors (Lipinski definition) is 2. The standard InChI is InChI=1S/C19H25BrN2O5/c1-6-27-17(23)14-10-12-7-11(8-13(20)16(12)21-14)9-15(26-5)22(18(24)25)19(2,3)4/h7-8,10,15,21H,6,9H2,1-5H3,(H,24,25). The molecule has 0 aliphatic heterocycles. The van der Waals surface area contributed by atoms with Gasteiger partial charge in [0.1, 0.15) is 11.9 Å². The molecule has 1 atom stereocenters. The molecule has 8 heteroatoms. The summed E-state index contributed by atoms with van der Waals surface area (Å²) < 4.78 is 11.3. The van der Waals surface area contributed by atoms with Gasteiger partial charge in [-0.2, -0.15) is 0 Å². The minimum absolute atomic E-state index is 0.300. The Morgan fingerprint density at radius 2 is 1.96 bits per heavy atom. The number of carbonyl (C=O) groups excluding carboxylic acids is 1. The highest BCUT2D eigenvalue weighted by Gasteiger charge is 2.33. The molecule has 0 fully saturated rings. The lowest BCUT2D eigenvalue weighted by Gasteiger charge is -2.38. The Morgan fingerprint density at radius 3 is 2.48 bits per heavy atom. The molecular weight excluding hydrogens is 416 g/mol. The third-order valence-corrected chi connectivity index (χ3v) is 4.76. The van der Waals surface area contributed by atoms with Crippen LogP contribution in [-0.2, 0) is 15.9 Å². The molecule has 0 spiro atoms. The molecule has 0 saturated heterocycles. The first kappa shape index (κ1) is 21.2. The fraction of sp³-hybridized carbons (Fsp3) is 0.474. The molecule has 27 heavy (non-hydrogen) atoms. The number of nitrogens with one attached hydrogen (secondary N) is 1. The van der Waals surface area contributed by atoms with Crippen molar-refractivity contribution < 1.29 is 24.2 Å². The Bertz CT molecular complexity index is 840. The van der Waals surface area contributed by atoms with Crippen LogP contribution >= 0.6 is 15.9 Å². The predicted molar refractivity (Wildman–Crippen MR) is 106 cm³/mol. The van der Waals surface area contributed by atoms with Crippen molar-refractivity contribution in [1.29, 1.82) is 0 Å². The molecule has 1 unspecified atom stereocenters. The number of ether oxygens (including phenoxy) is 2. The summed E-state index contributed by atoms with van der Waals surface area (Å²) in [6.07, 6.45) is -1.31. The number of methoxy groups -OCH3 is 1. The molecule has 0 aliphatic rings. The van der Waals surface area contributed by atoms with Crippen molar-refractivity contribution in [2.75, 3.05) is 13.7 Å². The van der Waals surface area contributed by atoms with Crippen LogP contribution in [0.4, 0.5) is 4.79 Å². The van der Waals surface area contributed by atoms with E-state index in [1.807, 2.05) is 32.9 Å². The van der Waals surface area contributed by atoms with Crippen molar-refractivity contribution in [2.45, 2.75) is 45.9 Å². The van der Waals surface area contributed by atoms with Crippen molar-refractivity contribution >= 4 is 38.9 Å². The third-order valence-electron chi connectivity index (χ3n) is 4.13. The second-order valence-corrected chi connectivity index (χ2v) is 8.02. The second kappa shape index (κ2) is 8.31. The maximum absolute atomic E-state index is 11.9. The lowest BCUT2D eigenvalue weighted by atomic mass is 10.0. The van der Waals surface area contributed by atoms with Crippen LogP contribution in [0.5, 0.6) is 0 Å². The molecule has 1 amide bonds. The Morgan fingerprint density at radius 1 is 1.30 bits per heavy atom. The van der Waals surface area contributed by atoms with Crippen molar-refractivity contribution in [3.63, 3.8) is 0 Å². The lowest BCUT2D eigenvalue weighted by Crippen LogP contribution is -2.52. The monoisotopic (exact) mass is 440 g/mol. The summed E-state index contributed by atoms with van der Waals surface area (Å²) in [5.74, 6) is -0.415. The Balaban J connectivity index is 2.37. The van der Waals surface area contributed by atoms with E-state index in [1.54, 1.807) is 13.0 Å². The van der Waals surface area contributed by atoms with Gasteiger partial charge in [0.25, 0.3) is 0 Å². The van der Waals surface area contributed by atoms with Crippen LogP contribution in [0.1, 0.15) is 43.7 Å². The number of halogens is 1. The predicted octanol–water partition coefficient (Wildman–Crippen LogP) is 4.40. The van der Waals surface area contributed by atoms with Crippen LogP contribution in [-0.4, -0.2) is 52.5 Å². The number of aromatic nitrogens is 1. The Kier molecular flexibility index (Phi) is 6.54. The third kappa shape index (κ3) is 4.81. The highest BCUT2D eigenvalue weighted by molar-refractivity contribution is 9.10. The number of fused-ring (bicyclic) bond motifs is 1.